The zero-order chi connectivity index (χ0) is 20.6. The van der Waals surface area contributed by atoms with Crippen LogP contribution in [0.25, 0.3) is 0 Å². The molecule has 0 atom stereocenters. The highest BCUT2D eigenvalue weighted by Crippen LogP contribution is 2.32. The molecule has 0 spiro atoms. The second-order valence-electron chi connectivity index (χ2n) is 6.03. The molecule has 1 aromatic carbocycles. The number of hydrogen-bond donors (Lipinski definition) is 2. The van der Waals surface area contributed by atoms with E-state index in [1.54, 1.807) is 0 Å². The van der Waals surface area contributed by atoms with Crippen molar-refractivity contribution in [2.24, 2.45) is 0 Å². The normalized spacial score (nSPS) is 14.5. The van der Waals surface area contributed by atoms with Crippen LogP contribution in [0.1, 0.15) is 10.4 Å². The summed E-state index contributed by atoms with van der Waals surface area (Å²) in [5, 5.41) is 10.5. The maximum Gasteiger partial charge on any atom is 0.409 e. The van der Waals surface area contributed by atoms with Crippen molar-refractivity contribution in [3.8, 4) is 0 Å². The Hall–Kier alpha value is -3.54. The van der Waals surface area contributed by atoms with Gasteiger partial charge in [0.2, 0.25) is 15.0 Å². The number of carboxylic acid groups (broad SMARTS) is 1. The molecule has 2 N–H and O–H groups in total. The monoisotopic (exact) mass is 405 g/mol. The van der Waals surface area contributed by atoms with Crippen molar-refractivity contribution in [3.63, 3.8) is 0 Å². The summed E-state index contributed by atoms with van der Waals surface area (Å²) in [5.74, 6) is -1.30. The number of rotatable bonds is 3. The third-order valence-electron chi connectivity index (χ3n) is 3.84. The summed E-state index contributed by atoms with van der Waals surface area (Å²) >= 11 is 0. The lowest BCUT2D eigenvalue weighted by atomic mass is 10.2. The molecule has 0 bridgehead atoms. The van der Waals surface area contributed by atoms with Crippen LogP contribution >= 0.6 is 0 Å². The predicted molar refractivity (Wildman–Crippen MR) is 97.3 cm³/mol. The molecule has 12 heteroatoms. The van der Waals surface area contributed by atoms with E-state index in [4.69, 9.17) is 5.11 Å². The highest BCUT2D eigenvalue weighted by Gasteiger charge is 2.33. The second kappa shape index (κ2) is 6.88. The highest BCUT2D eigenvalue weighted by atomic mass is 32.2. The molecule has 2 aromatic rings. The Morgan fingerprint density at radius 1 is 1.29 bits per heavy atom. The number of sulfone groups is 1. The number of amides is 3. The summed E-state index contributed by atoms with van der Waals surface area (Å²) in [6.07, 6.45) is 0.669. The molecular weight excluding hydrogens is 390 g/mol. The van der Waals surface area contributed by atoms with Gasteiger partial charge in [-0.1, -0.05) is 6.07 Å². The van der Waals surface area contributed by atoms with Crippen molar-refractivity contribution in [2.45, 2.75) is 5.16 Å². The summed E-state index contributed by atoms with van der Waals surface area (Å²) in [7, 11) is -2.38. The highest BCUT2D eigenvalue weighted by molar-refractivity contribution is 7.90. The lowest BCUT2D eigenvalue weighted by Crippen LogP contribution is -2.35. The standard InChI is InChI=1S/C16H15N5O6S/c1-20-8-12(22)21(10-5-3-4-9(6-10)18-16(24)25)13-11(14(20)23)7-17-15(19-13)28(2,26)27/h3-7,18H,8H2,1-2H3,(H,24,25). The minimum atomic E-state index is -3.80. The molecule has 1 aliphatic heterocycles. The number of aromatic nitrogens is 2. The van der Waals surface area contributed by atoms with Gasteiger partial charge in [0.05, 0.1) is 5.69 Å². The van der Waals surface area contributed by atoms with E-state index in [0.717, 1.165) is 22.3 Å². The second-order valence-corrected chi connectivity index (χ2v) is 7.94. The van der Waals surface area contributed by atoms with E-state index in [1.807, 2.05) is 0 Å². The third-order valence-corrected chi connectivity index (χ3v) is 4.70. The fraction of sp³-hybridized carbons (Fsp3) is 0.188. The number of benzene rings is 1. The first-order chi connectivity index (χ1) is 13.1. The number of carbonyl (C=O) groups is 3. The molecule has 0 aliphatic carbocycles. The van der Waals surface area contributed by atoms with Crippen LogP contribution in [-0.4, -0.2) is 66.1 Å². The maximum absolute atomic E-state index is 12.8. The third kappa shape index (κ3) is 3.62. The molecule has 0 unspecified atom stereocenters. The maximum atomic E-state index is 12.8. The molecule has 11 nitrogen and oxygen atoms in total. The van der Waals surface area contributed by atoms with Crippen LogP contribution in [0.2, 0.25) is 0 Å². The van der Waals surface area contributed by atoms with Crippen LogP contribution in [0.4, 0.5) is 22.0 Å². The van der Waals surface area contributed by atoms with Crippen LogP contribution < -0.4 is 10.2 Å². The number of hydrogen-bond acceptors (Lipinski definition) is 7. The van der Waals surface area contributed by atoms with Crippen LogP contribution in [0.5, 0.6) is 0 Å². The zero-order valence-corrected chi connectivity index (χ0v) is 15.6. The van der Waals surface area contributed by atoms with Crippen molar-refractivity contribution in [1.82, 2.24) is 14.9 Å². The lowest BCUT2D eigenvalue weighted by Gasteiger charge is -2.22. The average Bonchev–Trinajstić information content (AvgIpc) is 2.68. The first-order valence-electron chi connectivity index (χ1n) is 7.83. The number of fused-ring (bicyclic) bond motifs is 1. The number of likely N-dealkylation sites (N-methyl/N-ethyl adjacent to an activating group) is 1. The summed E-state index contributed by atoms with van der Waals surface area (Å²) in [5.41, 5.74) is 0.330. The Morgan fingerprint density at radius 3 is 2.64 bits per heavy atom. The Bertz CT molecular complexity index is 1100. The summed E-state index contributed by atoms with van der Waals surface area (Å²) < 4.78 is 23.7. The van der Waals surface area contributed by atoms with Crippen molar-refractivity contribution in [2.75, 3.05) is 30.1 Å². The van der Waals surface area contributed by atoms with Crippen molar-refractivity contribution < 1.29 is 27.9 Å². The van der Waals surface area contributed by atoms with Crippen LogP contribution in [0.3, 0.4) is 0 Å². The molecule has 3 amide bonds. The van der Waals surface area contributed by atoms with Crippen LogP contribution in [0.15, 0.2) is 35.6 Å². The fourth-order valence-corrected chi connectivity index (χ4v) is 3.14. The van der Waals surface area contributed by atoms with E-state index in [9.17, 15) is 22.8 Å². The molecule has 3 rings (SSSR count). The summed E-state index contributed by atoms with van der Waals surface area (Å²) in [6.45, 7) is -0.292. The summed E-state index contributed by atoms with van der Waals surface area (Å²) in [4.78, 5) is 46.2. The van der Waals surface area contributed by atoms with Gasteiger partial charge in [0.1, 0.15) is 12.1 Å². The van der Waals surface area contributed by atoms with E-state index >= 15 is 0 Å². The fourth-order valence-electron chi connectivity index (χ4n) is 2.64. The van der Waals surface area contributed by atoms with Gasteiger partial charge in [-0.15, -0.1) is 0 Å². The molecule has 0 saturated heterocycles. The minimum Gasteiger partial charge on any atom is -0.465 e. The van der Waals surface area contributed by atoms with Crippen molar-refractivity contribution in [3.05, 3.63) is 36.0 Å². The lowest BCUT2D eigenvalue weighted by molar-refractivity contribution is -0.118. The number of anilines is 3. The van der Waals surface area contributed by atoms with Crippen molar-refractivity contribution in [1.29, 1.82) is 0 Å². The Kier molecular flexibility index (Phi) is 4.73. The number of nitrogens with zero attached hydrogens (tertiary/aromatic N) is 4. The van der Waals surface area contributed by atoms with Gasteiger partial charge in [0, 0.05) is 25.2 Å². The van der Waals surface area contributed by atoms with E-state index in [0.29, 0.717) is 0 Å². The van der Waals surface area contributed by atoms with Gasteiger partial charge >= 0.3 is 6.09 Å². The van der Waals surface area contributed by atoms with Crippen molar-refractivity contribution >= 4 is 44.9 Å². The largest absolute Gasteiger partial charge is 0.465 e. The van der Waals surface area contributed by atoms with Gasteiger partial charge in [-0.2, -0.15) is 4.98 Å². The number of carbonyl (C=O) groups excluding carboxylic acids is 2. The van der Waals surface area contributed by atoms with Gasteiger partial charge in [0.15, 0.2) is 5.82 Å². The van der Waals surface area contributed by atoms with Gasteiger partial charge in [-0.25, -0.2) is 18.2 Å². The molecule has 28 heavy (non-hydrogen) atoms. The SMILES string of the molecule is CN1CC(=O)N(c2cccc(NC(=O)O)c2)c2nc(S(C)(=O)=O)ncc2C1=O. The summed E-state index contributed by atoms with van der Waals surface area (Å²) in [6, 6.07) is 5.85. The van der Waals surface area contributed by atoms with E-state index < -0.39 is 32.9 Å². The minimum absolute atomic E-state index is 0.0580. The topological polar surface area (TPSA) is 150 Å². The van der Waals surface area contributed by atoms with E-state index in [1.165, 1.54) is 31.3 Å². The molecule has 2 heterocycles. The molecular formula is C16H15N5O6S. The average molecular weight is 405 g/mol. The van der Waals surface area contributed by atoms with Gasteiger partial charge in [0.25, 0.3) is 11.8 Å². The Labute approximate surface area is 159 Å². The van der Waals surface area contributed by atoms with Crippen LogP contribution in [-0.2, 0) is 14.6 Å². The van der Waals surface area contributed by atoms with Crippen LogP contribution in [0, 0.1) is 0 Å². The Balaban J connectivity index is 2.23. The molecule has 146 valence electrons. The molecule has 1 aliphatic rings. The molecule has 1 aromatic heterocycles. The van der Waals surface area contributed by atoms with Gasteiger partial charge in [-0.3, -0.25) is 19.8 Å². The predicted octanol–water partition coefficient (Wildman–Crippen LogP) is 0.720. The first kappa shape index (κ1) is 19.2. The van der Waals surface area contributed by atoms with E-state index in [-0.39, 0.29) is 29.3 Å². The zero-order valence-electron chi connectivity index (χ0n) is 14.8. The molecule has 0 fully saturated rings. The van der Waals surface area contributed by atoms with E-state index in [2.05, 4.69) is 15.3 Å². The number of nitrogens with one attached hydrogen (secondary N) is 1. The Morgan fingerprint density at radius 2 is 2.00 bits per heavy atom. The smallest absolute Gasteiger partial charge is 0.409 e. The molecule has 0 radical (unpaired) electrons. The first-order valence-corrected chi connectivity index (χ1v) is 9.72. The quantitative estimate of drug-likeness (QED) is 0.709. The van der Waals surface area contributed by atoms with Gasteiger partial charge in [-0.05, 0) is 18.2 Å². The molecule has 0 saturated carbocycles. The van der Waals surface area contributed by atoms with Gasteiger partial charge < -0.3 is 10.0 Å².